The second-order valence-corrected chi connectivity index (χ2v) is 12.5. The van der Waals surface area contributed by atoms with Gasteiger partial charge in [0.25, 0.3) is 0 Å². The van der Waals surface area contributed by atoms with Crippen molar-refractivity contribution in [2.24, 2.45) is 0 Å². The SMILES string of the molecule is Cc1cc(-c2ncnc3[nH]c(-c4cnc5c(c4)OC[C@H]4CNCCN54)cc23)ccc1[C@@H](C)NC(=O)c1nc(C(C)(C)C)no1. The molecule has 226 valence electrons. The van der Waals surface area contributed by atoms with Crippen LogP contribution in [0.5, 0.6) is 5.75 Å². The first kappa shape index (κ1) is 28.0. The van der Waals surface area contributed by atoms with Crippen molar-refractivity contribution in [3.05, 3.63) is 65.7 Å². The molecule has 0 radical (unpaired) electrons. The normalized spacial score (nSPS) is 17.1. The van der Waals surface area contributed by atoms with Crippen molar-refractivity contribution >= 4 is 22.8 Å². The molecule has 1 amide bonds. The summed E-state index contributed by atoms with van der Waals surface area (Å²) in [4.78, 5) is 36.8. The first-order valence-corrected chi connectivity index (χ1v) is 14.9. The number of aromatic nitrogens is 6. The topological polar surface area (TPSA) is 147 Å². The van der Waals surface area contributed by atoms with Gasteiger partial charge in [-0.2, -0.15) is 4.98 Å². The molecule has 44 heavy (non-hydrogen) atoms. The van der Waals surface area contributed by atoms with Crippen LogP contribution in [0.3, 0.4) is 0 Å². The summed E-state index contributed by atoms with van der Waals surface area (Å²) in [6.07, 6.45) is 3.45. The summed E-state index contributed by atoms with van der Waals surface area (Å²) < 4.78 is 11.3. The first-order valence-electron chi connectivity index (χ1n) is 14.9. The molecule has 7 rings (SSSR count). The van der Waals surface area contributed by atoms with E-state index in [0.29, 0.717) is 18.5 Å². The lowest BCUT2D eigenvalue weighted by atomic mass is 9.96. The number of aryl methyl sites for hydroxylation is 1. The van der Waals surface area contributed by atoms with Crippen molar-refractivity contribution in [2.75, 3.05) is 31.1 Å². The Kier molecular flexibility index (Phi) is 6.80. The fourth-order valence-corrected chi connectivity index (χ4v) is 5.87. The molecular formula is C32H35N9O3. The van der Waals surface area contributed by atoms with Crippen LogP contribution in [0.4, 0.5) is 5.82 Å². The lowest BCUT2D eigenvalue weighted by Crippen LogP contribution is -2.56. The highest BCUT2D eigenvalue weighted by Crippen LogP contribution is 2.37. The minimum absolute atomic E-state index is 0.0450. The van der Waals surface area contributed by atoms with Crippen molar-refractivity contribution < 1.29 is 14.1 Å². The van der Waals surface area contributed by atoms with Crippen molar-refractivity contribution in [1.29, 1.82) is 0 Å². The summed E-state index contributed by atoms with van der Waals surface area (Å²) >= 11 is 0. The first-order chi connectivity index (χ1) is 21.2. The van der Waals surface area contributed by atoms with Gasteiger partial charge >= 0.3 is 11.8 Å². The Labute approximate surface area is 254 Å². The van der Waals surface area contributed by atoms with Gasteiger partial charge in [0, 0.05) is 53.5 Å². The van der Waals surface area contributed by atoms with Gasteiger partial charge in [0.1, 0.15) is 18.6 Å². The molecule has 0 aliphatic carbocycles. The quantitative estimate of drug-likeness (QED) is 0.269. The lowest BCUT2D eigenvalue weighted by Gasteiger charge is -2.40. The van der Waals surface area contributed by atoms with Gasteiger partial charge in [-0.05, 0) is 43.2 Å². The molecule has 0 spiro atoms. The molecule has 1 fully saturated rings. The molecule has 1 aromatic carbocycles. The fraction of sp³-hybridized carbons (Fsp3) is 0.375. The molecule has 0 bridgehead atoms. The van der Waals surface area contributed by atoms with E-state index >= 15 is 0 Å². The third kappa shape index (κ3) is 5.04. The number of hydrogen-bond donors (Lipinski definition) is 3. The lowest BCUT2D eigenvalue weighted by molar-refractivity contribution is 0.0895. The van der Waals surface area contributed by atoms with E-state index in [0.717, 1.165) is 75.9 Å². The highest BCUT2D eigenvalue weighted by Gasteiger charge is 2.31. The van der Waals surface area contributed by atoms with Crippen LogP contribution in [0.25, 0.3) is 33.5 Å². The average Bonchev–Trinajstić information content (AvgIpc) is 3.69. The molecule has 5 aromatic rings. The Morgan fingerprint density at radius 1 is 1.14 bits per heavy atom. The molecule has 0 saturated carbocycles. The molecule has 2 aliphatic rings. The van der Waals surface area contributed by atoms with Crippen molar-refractivity contribution in [3.63, 3.8) is 0 Å². The summed E-state index contributed by atoms with van der Waals surface area (Å²) in [6, 6.07) is 10.2. The maximum atomic E-state index is 12.8. The Morgan fingerprint density at radius 3 is 2.80 bits per heavy atom. The minimum Gasteiger partial charge on any atom is -0.487 e. The molecule has 2 atom stereocenters. The molecule has 0 unspecified atom stereocenters. The summed E-state index contributed by atoms with van der Waals surface area (Å²) in [7, 11) is 0. The predicted octanol–water partition coefficient (Wildman–Crippen LogP) is 4.34. The predicted molar refractivity (Wildman–Crippen MR) is 166 cm³/mol. The number of carbonyl (C=O) groups excluding carboxylic acids is 1. The zero-order chi connectivity index (χ0) is 30.6. The van der Waals surface area contributed by atoms with E-state index in [9.17, 15) is 4.79 Å². The second-order valence-electron chi connectivity index (χ2n) is 12.5. The molecule has 1 saturated heterocycles. The van der Waals surface area contributed by atoms with Crippen LogP contribution in [-0.4, -0.2) is 68.3 Å². The van der Waals surface area contributed by atoms with Gasteiger partial charge in [0.15, 0.2) is 17.4 Å². The monoisotopic (exact) mass is 593 g/mol. The van der Waals surface area contributed by atoms with Crippen molar-refractivity contribution in [3.8, 4) is 28.3 Å². The molecule has 12 nitrogen and oxygen atoms in total. The number of rotatable bonds is 5. The Bertz CT molecular complexity index is 1870. The number of nitrogens with zero attached hydrogens (tertiary/aromatic N) is 6. The van der Waals surface area contributed by atoms with Gasteiger partial charge < -0.3 is 29.8 Å². The van der Waals surface area contributed by atoms with E-state index in [1.807, 2.05) is 59.0 Å². The van der Waals surface area contributed by atoms with Crippen molar-refractivity contribution in [2.45, 2.75) is 52.1 Å². The van der Waals surface area contributed by atoms with Crippen LogP contribution in [0, 0.1) is 6.92 Å². The molecule has 12 heteroatoms. The highest BCUT2D eigenvalue weighted by molar-refractivity contribution is 5.94. The van der Waals surface area contributed by atoms with Crippen LogP contribution < -0.4 is 20.3 Å². The maximum Gasteiger partial charge on any atom is 0.315 e. The number of amides is 1. The molecule has 2 aliphatic heterocycles. The minimum atomic E-state index is -0.406. The summed E-state index contributed by atoms with van der Waals surface area (Å²) in [5.74, 6) is 1.74. The third-order valence-corrected chi connectivity index (χ3v) is 8.27. The van der Waals surface area contributed by atoms with Gasteiger partial charge in [-0.25, -0.2) is 15.0 Å². The summed E-state index contributed by atoms with van der Waals surface area (Å²) in [5, 5.41) is 11.3. The highest BCUT2D eigenvalue weighted by atomic mass is 16.5. The number of hydrogen-bond acceptors (Lipinski definition) is 10. The summed E-state index contributed by atoms with van der Waals surface area (Å²) in [5.41, 5.74) is 6.00. The number of benzene rings is 1. The van der Waals surface area contributed by atoms with E-state index in [2.05, 4.69) is 52.8 Å². The fourth-order valence-electron chi connectivity index (χ4n) is 5.87. The third-order valence-electron chi connectivity index (χ3n) is 8.27. The molecular weight excluding hydrogens is 558 g/mol. The van der Waals surface area contributed by atoms with E-state index in [1.165, 1.54) is 0 Å². The summed E-state index contributed by atoms with van der Waals surface area (Å²) in [6.45, 7) is 13.2. The largest absolute Gasteiger partial charge is 0.487 e. The zero-order valence-corrected chi connectivity index (χ0v) is 25.4. The van der Waals surface area contributed by atoms with Crippen LogP contribution in [0.2, 0.25) is 0 Å². The Hall–Kier alpha value is -4.84. The Morgan fingerprint density at radius 2 is 2.00 bits per heavy atom. The van der Waals surface area contributed by atoms with Gasteiger partial charge in [-0.15, -0.1) is 0 Å². The van der Waals surface area contributed by atoms with Gasteiger partial charge in [-0.3, -0.25) is 4.79 Å². The van der Waals surface area contributed by atoms with Gasteiger partial charge in [0.2, 0.25) is 0 Å². The molecule has 4 aromatic heterocycles. The van der Waals surface area contributed by atoms with E-state index in [4.69, 9.17) is 14.2 Å². The number of carbonyl (C=O) groups is 1. The van der Waals surface area contributed by atoms with E-state index < -0.39 is 5.91 Å². The number of piperazine rings is 1. The van der Waals surface area contributed by atoms with Gasteiger partial charge in [0.05, 0.1) is 17.8 Å². The van der Waals surface area contributed by atoms with Crippen LogP contribution >= 0.6 is 0 Å². The zero-order valence-electron chi connectivity index (χ0n) is 25.4. The standard InChI is InChI=1S/C32H35N9O3/c1-17-10-19(6-7-22(17)18(2)37-29(42)30-39-31(40-44-30)32(3,4)5)26-23-12-24(38-27(23)36-16-35-26)20-11-25-28(34-13-20)41-9-8-33-14-21(41)15-43-25/h6-7,10-13,16,18,21,33H,8-9,14-15H2,1-5H3,(H,37,42)(H,35,36,38)/t18-,21-/m1/s1. The van der Waals surface area contributed by atoms with Crippen molar-refractivity contribution in [1.82, 2.24) is 40.7 Å². The van der Waals surface area contributed by atoms with Crippen LogP contribution in [-0.2, 0) is 5.41 Å². The smallest absolute Gasteiger partial charge is 0.315 e. The van der Waals surface area contributed by atoms with Gasteiger partial charge in [-0.1, -0.05) is 38.1 Å². The van der Waals surface area contributed by atoms with Crippen LogP contribution in [0.15, 0.2) is 47.4 Å². The number of nitrogens with one attached hydrogen (secondary N) is 3. The number of H-pyrrole nitrogens is 1. The number of fused-ring (bicyclic) bond motifs is 4. The maximum absolute atomic E-state index is 12.8. The second kappa shape index (κ2) is 10.7. The number of ether oxygens (including phenoxy) is 1. The van der Waals surface area contributed by atoms with E-state index in [1.54, 1.807) is 6.33 Å². The van der Waals surface area contributed by atoms with E-state index in [-0.39, 0.29) is 17.3 Å². The number of aromatic amines is 1. The van der Waals surface area contributed by atoms with Crippen LogP contribution in [0.1, 0.15) is 61.4 Å². The number of pyridine rings is 1. The average molecular weight is 594 g/mol. The molecule has 3 N–H and O–H groups in total. The molecule has 6 heterocycles. The Balaban J connectivity index is 1.13. The number of anilines is 1.